The zero-order valence-electron chi connectivity index (χ0n) is 9.82. The first kappa shape index (κ1) is 14.9. The van der Waals surface area contributed by atoms with Crippen molar-refractivity contribution in [3.05, 3.63) is 0 Å². The summed E-state index contributed by atoms with van der Waals surface area (Å²) >= 11 is 0. The van der Waals surface area contributed by atoms with Crippen LogP contribution in [0.25, 0.3) is 0 Å². The third-order valence-corrected chi connectivity index (χ3v) is 5.04. The van der Waals surface area contributed by atoms with Gasteiger partial charge in [-0.05, 0) is 6.42 Å². The highest BCUT2D eigenvalue weighted by molar-refractivity contribution is 6.60. The fraction of sp³-hybridized carbons (Fsp3) is 0.750. The van der Waals surface area contributed by atoms with Crippen LogP contribution in [-0.2, 0) is 13.3 Å². The topological polar surface area (TPSA) is 105 Å². The van der Waals surface area contributed by atoms with Gasteiger partial charge in [0.15, 0.2) is 6.19 Å². The van der Waals surface area contributed by atoms with E-state index in [0.717, 1.165) is 4.90 Å². The third kappa shape index (κ3) is 4.16. The van der Waals surface area contributed by atoms with Gasteiger partial charge >= 0.3 is 8.80 Å². The number of hydrogen-bond donors (Lipinski definition) is 2. The van der Waals surface area contributed by atoms with E-state index in [1.165, 1.54) is 21.3 Å². The van der Waals surface area contributed by atoms with Gasteiger partial charge in [-0.1, -0.05) is 0 Å². The highest BCUT2D eigenvalue weighted by Crippen LogP contribution is 2.15. The lowest BCUT2D eigenvalue weighted by molar-refractivity contribution is 0.122. The molecule has 8 heteroatoms. The van der Waals surface area contributed by atoms with Crippen molar-refractivity contribution in [3.63, 3.8) is 0 Å². The van der Waals surface area contributed by atoms with Gasteiger partial charge in [0.25, 0.3) is 0 Å². The summed E-state index contributed by atoms with van der Waals surface area (Å²) in [6.45, 7) is 0.358. The van der Waals surface area contributed by atoms with Gasteiger partial charge in [-0.15, -0.1) is 0 Å². The Hall–Kier alpha value is -1.14. The van der Waals surface area contributed by atoms with Crippen LogP contribution in [0.5, 0.6) is 0 Å². The molecule has 0 fully saturated rings. The van der Waals surface area contributed by atoms with Gasteiger partial charge in [-0.25, -0.2) is 4.90 Å². The van der Waals surface area contributed by atoms with Gasteiger partial charge in [0.05, 0.1) is 0 Å². The van der Waals surface area contributed by atoms with E-state index in [0.29, 0.717) is 19.0 Å². The summed E-state index contributed by atoms with van der Waals surface area (Å²) in [6.07, 6.45) is 2.42. The van der Waals surface area contributed by atoms with Crippen LogP contribution in [0.1, 0.15) is 6.42 Å². The molecule has 0 aliphatic rings. The van der Waals surface area contributed by atoms with E-state index < -0.39 is 8.80 Å². The van der Waals surface area contributed by atoms with Crippen molar-refractivity contribution in [2.45, 2.75) is 12.5 Å². The van der Waals surface area contributed by atoms with Gasteiger partial charge in [0.1, 0.15) is 0 Å². The van der Waals surface area contributed by atoms with E-state index in [9.17, 15) is 0 Å². The predicted octanol–water partition coefficient (Wildman–Crippen LogP) is -0.0688. The minimum atomic E-state index is -2.58. The lowest BCUT2D eigenvalue weighted by atomic mass is 10.4. The van der Waals surface area contributed by atoms with Gasteiger partial charge in [0, 0.05) is 33.9 Å². The van der Waals surface area contributed by atoms with Crippen LogP contribution in [0.15, 0.2) is 0 Å². The molecule has 0 amide bonds. The molecule has 0 atom stereocenters. The Morgan fingerprint density at radius 3 is 2.19 bits per heavy atom. The Morgan fingerprint density at radius 2 is 1.88 bits per heavy atom. The summed E-state index contributed by atoms with van der Waals surface area (Å²) in [5.74, 6) is -0.262. The number of nitrogens with two attached hydrogens (primary N) is 1. The minimum absolute atomic E-state index is 0.262. The molecule has 0 unspecified atom stereocenters. The van der Waals surface area contributed by atoms with Crippen LogP contribution in [0.4, 0.5) is 0 Å². The van der Waals surface area contributed by atoms with Crippen LogP contribution in [0.2, 0.25) is 6.04 Å². The van der Waals surface area contributed by atoms with E-state index in [2.05, 4.69) is 0 Å². The number of guanidine groups is 1. The van der Waals surface area contributed by atoms with Gasteiger partial charge in [0.2, 0.25) is 5.96 Å². The first-order valence-corrected chi connectivity index (χ1v) is 6.65. The summed E-state index contributed by atoms with van der Waals surface area (Å²) < 4.78 is 15.7. The molecule has 0 aliphatic carbocycles. The third-order valence-electron chi connectivity index (χ3n) is 2.21. The molecule has 92 valence electrons. The van der Waals surface area contributed by atoms with Crippen molar-refractivity contribution in [1.29, 1.82) is 10.7 Å². The zero-order valence-corrected chi connectivity index (χ0v) is 10.8. The van der Waals surface area contributed by atoms with Gasteiger partial charge < -0.3 is 19.0 Å². The first-order valence-electron chi connectivity index (χ1n) is 4.72. The molecule has 0 radical (unpaired) electrons. The van der Waals surface area contributed by atoms with E-state index in [4.69, 9.17) is 29.7 Å². The molecule has 0 heterocycles. The Kier molecular flexibility index (Phi) is 6.67. The number of hydrogen-bond acceptors (Lipinski definition) is 5. The maximum atomic E-state index is 8.67. The quantitative estimate of drug-likeness (QED) is 0.214. The molecule has 0 bridgehead atoms. The molecule has 0 aromatic heterocycles. The average Bonchev–Trinajstić information content (AvgIpc) is 2.30. The zero-order chi connectivity index (χ0) is 12.6. The van der Waals surface area contributed by atoms with Crippen molar-refractivity contribution >= 4 is 14.8 Å². The monoisotopic (exact) mass is 246 g/mol. The Morgan fingerprint density at radius 1 is 1.38 bits per heavy atom. The molecule has 0 aliphatic heterocycles. The van der Waals surface area contributed by atoms with Crippen molar-refractivity contribution in [2.24, 2.45) is 5.73 Å². The molecule has 0 saturated carbocycles. The molecule has 0 aromatic carbocycles. The standard InChI is InChI=1S/C8H18N4O3Si/c1-13-16(14-2,15-3)6-4-5-12(7-9)8(10)11/h4-6H2,1-3H3,(H3,10,11). The highest BCUT2D eigenvalue weighted by Gasteiger charge is 2.37. The van der Waals surface area contributed by atoms with Crippen molar-refractivity contribution in [1.82, 2.24) is 4.90 Å². The summed E-state index contributed by atoms with van der Waals surface area (Å²) in [6, 6.07) is 0.571. The van der Waals surface area contributed by atoms with Crippen LogP contribution >= 0.6 is 0 Å². The Labute approximate surface area is 96.6 Å². The van der Waals surface area contributed by atoms with Gasteiger partial charge in [-0.3, -0.25) is 5.41 Å². The van der Waals surface area contributed by atoms with Crippen LogP contribution in [0.3, 0.4) is 0 Å². The van der Waals surface area contributed by atoms with E-state index in [1.807, 2.05) is 6.19 Å². The Balaban J connectivity index is 4.14. The summed E-state index contributed by atoms with van der Waals surface area (Å²) in [5, 5.41) is 15.8. The van der Waals surface area contributed by atoms with Crippen molar-refractivity contribution in [3.8, 4) is 6.19 Å². The lowest BCUT2D eigenvalue weighted by Gasteiger charge is -2.24. The second-order valence-corrected chi connectivity index (χ2v) is 6.13. The van der Waals surface area contributed by atoms with Crippen LogP contribution in [0, 0.1) is 16.9 Å². The van der Waals surface area contributed by atoms with E-state index in [-0.39, 0.29) is 5.96 Å². The second-order valence-electron chi connectivity index (χ2n) is 3.04. The molecule has 3 N–H and O–H groups in total. The molecular formula is C8H18N4O3Si. The SMILES string of the molecule is CO[Si](CCCN(C#N)C(=N)N)(OC)OC. The van der Waals surface area contributed by atoms with Crippen LogP contribution < -0.4 is 5.73 Å². The maximum absolute atomic E-state index is 8.67. The molecule has 0 rings (SSSR count). The predicted molar refractivity (Wildman–Crippen MR) is 60.4 cm³/mol. The molecule has 7 nitrogen and oxygen atoms in total. The lowest BCUT2D eigenvalue weighted by Crippen LogP contribution is -2.43. The smallest absolute Gasteiger partial charge is 0.377 e. The number of rotatable bonds is 7. The summed E-state index contributed by atoms with van der Waals surface area (Å²) in [7, 11) is 2.02. The fourth-order valence-corrected chi connectivity index (χ4v) is 2.94. The molecule has 0 saturated heterocycles. The molecular weight excluding hydrogens is 228 g/mol. The number of nitriles is 1. The maximum Gasteiger partial charge on any atom is 0.500 e. The van der Waals surface area contributed by atoms with Crippen LogP contribution in [-0.4, -0.2) is 47.5 Å². The Bertz CT molecular complexity index is 256. The number of nitrogens with zero attached hydrogens (tertiary/aromatic N) is 2. The summed E-state index contributed by atoms with van der Waals surface area (Å²) in [5.41, 5.74) is 5.20. The molecule has 0 spiro atoms. The fourth-order valence-electron chi connectivity index (χ4n) is 1.23. The minimum Gasteiger partial charge on any atom is -0.377 e. The first-order chi connectivity index (χ1) is 7.55. The average molecular weight is 246 g/mol. The number of nitrogens with one attached hydrogen (secondary N) is 1. The van der Waals surface area contributed by atoms with Gasteiger partial charge in [-0.2, -0.15) is 5.26 Å². The summed E-state index contributed by atoms with van der Waals surface area (Å²) in [4.78, 5) is 1.10. The van der Waals surface area contributed by atoms with E-state index in [1.54, 1.807) is 0 Å². The van der Waals surface area contributed by atoms with Crippen molar-refractivity contribution < 1.29 is 13.3 Å². The second kappa shape index (κ2) is 7.18. The van der Waals surface area contributed by atoms with Crippen molar-refractivity contribution in [2.75, 3.05) is 27.9 Å². The highest BCUT2D eigenvalue weighted by atomic mass is 28.4. The normalized spacial score (nSPS) is 10.9. The largest absolute Gasteiger partial charge is 0.500 e. The molecule has 16 heavy (non-hydrogen) atoms. The van der Waals surface area contributed by atoms with E-state index >= 15 is 0 Å². The molecule has 0 aromatic rings.